The van der Waals surface area contributed by atoms with Gasteiger partial charge in [0, 0.05) is 12.3 Å². The van der Waals surface area contributed by atoms with Crippen LogP contribution in [0.15, 0.2) is 11.6 Å². The Morgan fingerprint density at radius 1 is 1.17 bits per heavy atom. The molecule has 136 valence electrons. The molecule has 0 aliphatic rings. The van der Waals surface area contributed by atoms with E-state index in [0.29, 0.717) is 18.1 Å². The van der Waals surface area contributed by atoms with E-state index in [1.54, 1.807) is 0 Å². The summed E-state index contributed by atoms with van der Waals surface area (Å²) in [7, 11) is -1.91. The molecule has 0 spiro atoms. The summed E-state index contributed by atoms with van der Waals surface area (Å²) in [5, 5.41) is 0.148. The van der Waals surface area contributed by atoms with E-state index in [1.807, 2.05) is 13.8 Å². The highest BCUT2D eigenvalue weighted by Crippen LogP contribution is 2.39. The van der Waals surface area contributed by atoms with Gasteiger partial charge in [-0.1, -0.05) is 61.0 Å². The molecule has 0 bridgehead atoms. The van der Waals surface area contributed by atoms with Crippen LogP contribution in [-0.2, 0) is 9.22 Å². The lowest BCUT2D eigenvalue weighted by Crippen LogP contribution is -2.47. The van der Waals surface area contributed by atoms with Gasteiger partial charge in [-0.3, -0.25) is 4.79 Å². The van der Waals surface area contributed by atoms with Crippen LogP contribution in [-0.4, -0.2) is 20.2 Å². The van der Waals surface area contributed by atoms with Crippen molar-refractivity contribution in [2.45, 2.75) is 98.9 Å². The molecule has 0 aromatic carbocycles. The summed E-state index contributed by atoms with van der Waals surface area (Å²) in [6.07, 6.45) is 5.18. The maximum absolute atomic E-state index is 12.3. The smallest absolute Gasteiger partial charge is 0.192 e. The molecule has 0 radical (unpaired) electrons. The van der Waals surface area contributed by atoms with Crippen LogP contribution in [0.4, 0.5) is 0 Å². The first-order valence-electron chi connectivity index (χ1n) is 9.26. The normalized spacial score (nSPS) is 17.7. The fourth-order valence-electron chi connectivity index (χ4n) is 2.66. The van der Waals surface area contributed by atoms with Crippen molar-refractivity contribution in [2.75, 3.05) is 0 Å². The number of carbonyl (C=O) groups is 1. The number of Topliss-reactive ketones (excluding diaryl/α,β-unsaturated/α-hetero) is 1. The topological polar surface area (TPSA) is 26.3 Å². The van der Waals surface area contributed by atoms with Gasteiger partial charge < -0.3 is 4.43 Å². The summed E-state index contributed by atoms with van der Waals surface area (Å²) < 4.78 is 6.68. The first-order chi connectivity index (χ1) is 10.4. The molecular formula is C20H40O2Si. The molecule has 3 heteroatoms. The molecule has 0 N–H and O–H groups in total. The third-order valence-electron chi connectivity index (χ3n) is 5.28. The highest BCUT2D eigenvalue weighted by Gasteiger charge is 2.41. The average molecular weight is 341 g/mol. The van der Waals surface area contributed by atoms with E-state index in [1.165, 1.54) is 18.4 Å². The number of ketones is 1. The molecular weight excluding hydrogens is 300 g/mol. The summed E-state index contributed by atoms with van der Waals surface area (Å²) in [5.41, 5.74) is 1.23. The largest absolute Gasteiger partial charge is 0.410 e. The lowest BCUT2D eigenvalue weighted by Gasteiger charge is -2.41. The van der Waals surface area contributed by atoms with Crippen molar-refractivity contribution in [3.63, 3.8) is 0 Å². The second kappa shape index (κ2) is 9.17. The Morgan fingerprint density at radius 3 is 2.09 bits per heavy atom. The molecule has 0 aromatic rings. The molecule has 23 heavy (non-hydrogen) atoms. The summed E-state index contributed by atoms with van der Waals surface area (Å²) in [5.74, 6) is 0.762. The lowest BCUT2D eigenvalue weighted by atomic mass is 9.91. The third-order valence-corrected chi connectivity index (χ3v) is 9.73. The molecule has 0 amide bonds. The number of rotatable bonds is 9. The first-order valence-corrected chi connectivity index (χ1v) is 12.2. The maximum atomic E-state index is 12.3. The molecule has 0 fully saturated rings. The third kappa shape index (κ3) is 6.92. The van der Waals surface area contributed by atoms with E-state index in [0.717, 1.165) is 0 Å². The fourth-order valence-corrected chi connectivity index (χ4v) is 4.04. The van der Waals surface area contributed by atoms with Gasteiger partial charge in [0.1, 0.15) is 5.78 Å². The lowest BCUT2D eigenvalue weighted by molar-refractivity contribution is -0.124. The van der Waals surface area contributed by atoms with Gasteiger partial charge in [-0.15, -0.1) is 0 Å². The Bertz CT molecular complexity index is 404. The Kier molecular flexibility index (Phi) is 9.01. The predicted octanol–water partition coefficient (Wildman–Crippen LogP) is 6.37. The molecule has 3 atom stereocenters. The van der Waals surface area contributed by atoms with Crippen LogP contribution in [0.25, 0.3) is 0 Å². The molecule has 0 aliphatic carbocycles. The van der Waals surface area contributed by atoms with Crippen LogP contribution in [0, 0.1) is 11.8 Å². The van der Waals surface area contributed by atoms with Gasteiger partial charge in [-0.05, 0) is 43.0 Å². The Labute approximate surface area is 146 Å². The molecule has 0 saturated carbocycles. The van der Waals surface area contributed by atoms with Crippen molar-refractivity contribution in [2.24, 2.45) is 11.8 Å². The molecule has 2 nitrogen and oxygen atoms in total. The Hall–Kier alpha value is -0.413. The molecule has 0 rings (SSSR count). The van der Waals surface area contributed by atoms with Crippen molar-refractivity contribution >= 4 is 14.1 Å². The van der Waals surface area contributed by atoms with Gasteiger partial charge >= 0.3 is 0 Å². The monoisotopic (exact) mass is 340 g/mol. The predicted molar refractivity (Wildman–Crippen MR) is 104 cm³/mol. The van der Waals surface area contributed by atoms with Gasteiger partial charge in [0.05, 0.1) is 6.10 Å². The van der Waals surface area contributed by atoms with E-state index in [2.05, 4.69) is 60.7 Å². The minimum atomic E-state index is -1.91. The molecule has 0 unspecified atom stereocenters. The van der Waals surface area contributed by atoms with E-state index in [9.17, 15) is 4.79 Å². The van der Waals surface area contributed by atoms with Crippen LogP contribution in [0.1, 0.15) is 74.7 Å². The summed E-state index contributed by atoms with van der Waals surface area (Å²) in [6.45, 7) is 21.9. The van der Waals surface area contributed by atoms with Crippen molar-refractivity contribution in [1.29, 1.82) is 0 Å². The van der Waals surface area contributed by atoms with Crippen LogP contribution in [0.2, 0.25) is 18.1 Å². The minimum absolute atomic E-state index is 0.0702. The van der Waals surface area contributed by atoms with E-state index in [-0.39, 0.29) is 17.1 Å². The summed E-state index contributed by atoms with van der Waals surface area (Å²) in [4.78, 5) is 12.3. The average Bonchev–Trinajstić information content (AvgIpc) is 2.41. The van der Waals surface area contributed by atoms with Crippen molar-refractivity contribution in [3.8, 4) is 0 Å². The minimum Gasteiger partial charge on any atom is -0.410 e. The van der Waals surface area contributed by atoms with Gasteiger partial charge in [0.15, 0.2) is 8.32 Å². The zero-order valence-electron chi connectivity index (χ0n) is 17.2. The van der Waals surface area contributed by atoms with Gasteiger partial charge in [-0.25, -0.2) is 0 Å². The van der Waals surface area contributed by atoms with Crippen molar-refractivity contribution in [1.82, 2.24) is 0 Å². The number of hydrogen-bond acceptors (Lipinski definition) is 2. The molecule has 0 aliphatic heterocycles. The highest BCUT2D eigenvalue weighted by molar-refractivity contribution is 6.74. The van der Waals surface area contributed by atoms with Gasteiger partial charge in [0.2, 0.25) is 0 Å². The van der Waals surface area contributed by atoms with Crippen LogP contribution < -0.4 is 0 Å². The number of hydrogen-bond donors (Lipinski definition) is 0. The van der Waals surface area contributed by atoms with E-state index >= 15 is 0 Å². The van der Waals surface area contributed by atoms with Crippen molar-refractivity contribution < 1.29 is 9.22 Å². The van der Waals surface area contributed by atoms with Gasteiger partial charge in [-0.2, -0.15) is 0 Å². The fraction of sp³-hybridized carbons (Fsp3) is 0.850. The quantitative estimate of drug-likeness (QED) is 0.360. The maximum Gasteiger partial charge on any atom is 0.192 e. The van der Waals surface area contributed by atoms with Crippen LogP contribution in [0.3, 0.4) is 0 Å². The van der Waals surface area contributed by atoms with Gasteiger partial charge in [0.25, 0.3) is 0 Å². The first kappa shape index (κ1) is 22.6. The highest BCUT2D eigenvalue weighted by atomic mass is 28.4. The van der Waals surface area contributed by atoms with E-state index in [4.69, 9.17) is 4.43 Å². The van der Waals surface area contributed by atoms with E-state index < -0.39 is 8.32 Å². The Morgan fingerprint density at radius 2 is 1.70 bits per heavy atom. The summed E-state index contributed by atoms with van der Waals surface area (Å²) >= 11 is 0. The zero-order chi connectivity index (χ0) is 18.4. The van der Waals surface area contributed by atoms with Crippen molar-refractivity contribution in [3.05, 3.63) is 11.6 Å². The Balaban J connectivity index is 5.53. The second-order valence-corrected chi connectivity index (χ2v) is 13.3. The molecule has 0 saturated heterocycles. The number of carbonyl (C=O) groups excluding carboxylic acids is 1. The number of allylic oxidation sites excluding steroid dienone is 1. The van der Waals surface area contributed by atoms with Crippen LogP contribution in [0.5, 0.6) is 0 Å². The standard InChI is InChI=1S/C20H40O2Si/c1-11-13-15(3)14-16(4)19(17(5)18(21)12-2)22-23(9,10)20(6,7)8/h14-15,17,19H,11-13H2,1-10H3/b16-14+/t15-,17+,19-/m1/s1. The zero-order valence-corrected chi connectivity index (χ0v) is 18.2. The summed E-state index contributed by atoms with van der Waals surface area (Å²) in [6, 6.07) is 0. The molecule has 0 heterocycles. The molecule has 0 aromatic heterocycles. The SMILES string of the molecule is CCC[C@@H](C)/C=C(\C)[C@@H](O[Si](C)(C)C(C)(C)C)[C@@H](C)C(=O)CC. The van der Waals surface area contributed by atoms with Crippen LogP contribution >= 0.6 is 0 Å². The second-order valence-electron chi connectivity index (χ2n) is 8.58.